The van der Waals surface area contributed by atoms with Crippen LogP contribution >= 0.6 is 11.3 Å². The minimum Gasteiger partial charge on any atom is -0.450 e. The molecule has 9 nitrogen and oxygen atoms in total. The maximum absolute atomic E-state index is 13.1. The standard InChI is InChI=1S/C19H15F3N4O5S/c1-2-30-18(29)23-14(27)10-31-17(28)15-24-16(13-7-4-8-32-13)26(25-15)12-6-3-5-11(9-12)19(20,21)22/h3-9H,2,10H2,1H3,(H,23,27,29). The predicted molar refractivity (Wildman–Crippen MR) is 105 cm³/mol. The summed E-state index contributed by atoms with van der Waals surface area (Å²) in [7, 11) is 0. The van der Waals surface area contributed by atoms with Crippen molar-refractivity contribution in [2.24, 2.45) is 0 Å². The first-order valence-electron chi connectivity index (χ1n) is 9.01. The number of alkyl carbamates (subject to hydrolysis) is 1. The van der Waals surface area contributed by atoms with Crippen molar-refractivity contribution in [1.82, 2.24) is 20.1 Å². The van der Waals surface area contributed by atoms with Crippen molar-refractivity contribution in [3.63, 3.8) is 0 Å². The summed E-state index contributed by atoms with van der Waals surface area (Å²) in [5.74, 6) is -2.41. The van der Waals surface area contributed by atoms with Gasteiger partial charge in [0.15, 0.2) is 12.4 Å². The van der Waals surface area contributed by atoms with Gasteiger partial charge in [-0.2, -0.15) is 18.2 Å². The number of halogens is 3. The SMILES string of the molecule is CCOC(=O)NC(=O)COC(=O)c1nc(-c2cccs2)n(-c2cccc(C(F)(F)F)c2)n1. The molecular weight excluding hydrogens is 453 g/mol. The summed E-state index contributed by atoms with van der Waals surface area (Å²) in [6.07, 6.45) is -5.58. The molecule has 0 spiro atoms. The number of nitrogens with zero attached hydrogens (tertiary/aromatic N) is 3. The number of thiophene rings is 1. The van der Waals surface area contributed by atoms with Gasteiger partial charge in [-0.1, -0.05) is 12.1 Å². The molecule has 1 aromatic carbocycles. The fourth-order valence-electron chi connectivity index (χ4n) is 2.47. The number of aromatic nitrogens is 3. The van der Waals surface area contributed by atoms with E-state index in [0.29, 0.717) is 4.88 Å². The molecule has 0 atom stereocenters. The molecule has 0 aliphatic rings. The molecule has 0 aliphatic carbocycles. The van der Waals surface area contributed by atoms with E-state index in [-0.39, 0.29) is 18.1 Å². The molecule has 168 valence electrons. The lowest BCUT2D eigenvalue weighted by Gasteiger charge is -2.09. The van der Waals surface area contributed by atoms with Crippen LogP contribution in [0.15, 0.2) is 41.8 Å². The summed E-state index contributed by atoms with van der Waals surface area (Å²) in [6.45, 7) is 0.771. The Morgan fingerprint density at radius 1 is 1.16 bits per heavy atom. The van der Waals surface area contributed by atoms with Gasteiger partial charge in [-0.05, 0) is 36.6 Å². The number of hydrogen-bond donors (Lipinski definition) is 1. The molecule has 0 saturated carbocycles. The molecule has 1 N–H and O–H groups in total. The molecule has 0 bridgehead atoms. The molecule has 2 aromatic heterocycles. The van der Waals surface area contributed by atoms with E-state index < -0.39 is 42.1 Å². The summed E-state index contributed by atoms with van der Waals surface area (Å²) in [5, 5.41) is 7.54. The average molecular weight is 468 g/mol. The van der Waals surface area contributed by atoms with Crippen LogP contribution in [0.2, 0.25) is 0 Å². The smallest absolute Gasteiger partial charge is 0.416 e. The molecule has 0 aliphatic heterocycles. The van der Waals surface area contributed by atoms with Crippen molar-refractivity contribution in [1.29, 1.82) is 0 Å². The Kier molecular flexibility index (Phi) is 6.88. The van der Waals surface area contributed by atoms with E-state index in [1.807, 2.05) is 5.32 Å². The monoisotopic (exact) mass is 468 g/mol. The molecule has 3 aromatic rings. The van der Waals surface area contributed by atoms with Gasteiger partial charge in [0.1, 0.15) is 0 Å². The van der Waals surface area contributed by atoms with Crippen molar-refractivity contribution in [2.75, 3.05) is 13.2 Å². The van der Waals surface area contributed by atoms with E-state index in [2.05, 4.69) is 14.8 Å². The number of rotatable bonds is 6. The van der Waals surface area contributed by atoms with Crippen LogP contribution < -0.4 is 5.32 Å². The Balaban J connectivity index is 1.86. The van der Waals surface area contributed by atoms with Crippen LogP contribution in [0.25, 0.3) is 16.4 Å². The van der Waals surface area contributed by atoms with Crippen LogP contribution in [0.3, 0.4) is 0 Å². The van der Waals surface area contributed by atoms with Crippen LogP contribution in [0.5, 0.6) is 0 Å². The first kappa shape index (κ1) is 22.9. The lowest BCUT2D eigenvalue weighted by molar-refractivity contribution is -0.137. The van der Waals surface area contributed by atoms with E-state index in [4.69, 9.17) is 4.74 Å². The quantitative estimate of drug-likeness (QED) is 0.552. The van der Waals surface area contributed by atoms with Crippen LogP contribution in [0, 0.1) is 0 Å². The molecule has 32 heavy (non-hydrogen) atoms. The van der Waals surface area contributed by atoms with Gasteiger partial charge in [0.25, 0.3) is 11.7 Å². The predicted octanol–water partition coefficient (Wildman–Crippen LogP) is 3.44. The number of nitrogens with one attached hydrogen (secondary N) is 1. The molecule has 3 rings (SSSR count). The largest absolute Gasteiger partial charge is 0.450 e. The zero-order valence-electron chi connectivity index (χ0n) is 16.4. The van der Waals surface area contributed by atoms with E-state index >= 15 is 0 Å². The first-order valence-corrected chi connectivity index (χ1v) is 9.89. The van der Waals surface area contributed by atoms with Crippen LogP contribution in [0.1, 0.15) is 23.1 Å². The fraction of sp³-hybridized carbons (Fsp3) is 0.211. The Morgan fingerprint density at radius 2 is 1.94 bits per heavy atom. The van der Waals surface area contributed by atoms with Crippen LogP contribution in [0.4, 0.5) is 18.0 Å². The Morgan fingerprint density at radius 3 is 2.59 bits per heavy atom. The second kappa shape index (κ2) is 9.60. The number of ether oxygens (including phenoxy) is 2. The molecule has 0 saturated heterocycles. The number of imide groups is 1. The second-order valence-corrected chi connectivity index (χ2v) is 6.99. The lowest BCUT2D eigenvalue weighted by atomic mass is 10.2. The molecule has 2 amide bonds. The third-order valence-corrected chi connectivity index (χ3v) is 4.67. The molecule has 13 heteroatoms. The lowest BCUT2D eigenvalue weighted by Crippen LogP contribution is -2.34. The van der Waals surface area contributed by atoms with E-state index in [9.17, 15) is 27.6 Å². The maximum atomic E-state index is 13.1. The molecule has 0 fully saturated rings. The minimum atomic E-state index is -4.58. The van der Waals surface area contributed by atoms with E-state index in [0.717, 1.165) is 16.8 Å². The molecule has 2 heterocycles. The van der Waals surface area contributed by atoms with Gasteiger partial charge in [-0.15, -0.1) is 16.4 Å². The van der Waals surface area contributed by atoms with E-state index in [1.165, 1.54) is 23.5 Å². The van der Waals surface area contributed by atoms with E-state index in [1.54, 1.807) is 24.4 Å². The summed E-state index contributed by atoms with van der Waals surface area (Å²) in [4.78, 5) is 39.8. The number of benzene rings is 1. The highest BCUT2D eigenvalue weighted by molar-refractivity contribution is 7.13. The van der Waals surface area contributed by atoms with Gasteiger partial charge >= 0.3 is 18.2 Å². The topological polar surface area (TPSA) is 112 Å². The number of amides is 2. The van der Waals surface area contributed by atoms with Gasteiger partial charge in [0, 0.05) is 0 Å². The van der Waals surface area contributed by atoms with Crippen molar-refractivity contribution < 1.29 is 37.0 Å². The number of carbonyl (C=O) groups is 3. The van der Waals surface area contributed by atoms with Crippen LogP contribution in [-0.2, 0) is 20.4 Å². The Hall–Kier alpha value is -3.74. The number of carbonyl (C=O) groups excluding carboxylic acids is 3. The van der Waals surface area contributed by atoms with Crippen molar-refractivity contribution in [3.05, 3.63) is 53.2 Å². The highest BCUT2D eigenvalue weighted by Gasteiger charge is 2.31. The van der Waals surface area contributed by atoms with Gasteiger partial charge in [-0.25, -0.2) is 14.3 Å². The summed E-state index contributed by atoms with van der Waals surface area (Å²) in [6, 6.07) is 7.71. The number of hydrogen-bond acceptors (Lipinski definition) is 8. The van der Waals surface area contributed by atoms with Gasteiger partial charge in [0.05, 0.1) is 22.7 Å². The number of esters is 1. The van der Waals surface area contributed by atoms with Crippen molar-refractivity contribution in [3.8, 4) is 16.4 Å². The fourth-order valence-corrected chi connectivity index (χ4v) is 3.17. The van der Waals surface area contributed by atoms with Crippen molar-refractivity contribution in [2.45, 2.75) is 13.1 Å². The third-order valence-electron chi connectivity index (χ3n) is 3.80. The molecular formula is C19H15F3N4O5S. The third kappa shape index (κ3) is 5.49. The summed E-state index contributed by atoms with van der Waals surface area (Å²) >= 11 is 1.24. The normalized spacial score (nSPS) is 11.1. The molecule has 0 radical (unpaired) electrons. The highest BCUT2D eigenvalue weighted by Crippen LogP contribution is 2.32. The Labute approximate surface area is 182 Å². The van der Waals surface area contributed by atoms with Gasteiger partial charge < -0.3 is 9.47 Å². The summed E-state index contributed by atoms with van der Waals surface area (Å²) < 4.78 is 49.8. The Bertz CT molecular complexity index is 1130. The number of alkyl halides is 3. The maximum Gasteiger partial charge on any atom is 0.416 e. The van der Waals surface area contributed by atoms with Crippen LogP contribution in [-0.4, -0.2) is 45.9 Å². The first-order chi connectivity index (χ1) is 15.2. The van der Waals surface area contributed by atoms with Gasteiger partial charge in [-0.3, -0.25) is 10.1 Å². The van der Waals surface area contributed by atoms with Crippen molar-refractivity contribution >= 4 is 29.3 Å². The highest BCUT2D eigenvalue weighted by atomic mass is 32.1. The zero-order chi connectivity index (χ0) is 23.3. The second-order valence-electron chi connectivity index (χ2n) is 6.04. The minimum absolute atomic E-state index is 0.0230. The molecule has 0 unspecified atom stereocenters. The summed E-state index contributed by atoms with van der Waals surface area (Å²) in [5.41, 5.74) is -0.878. The van der Waals surface area contributed by atoms with Gasteiger partial charge in [0.2, 0.25) is 0 Å². The average Bonchev–Trinajstić information content (AvgIpc) is 3.41. The zero-order valence-corrected chi connectivity index (χ0v) is 17.2.